The maximum Gasteiger partial charge on any atom is 0.124 e. The first-order chi connectivity index (χ1) is 17.2. The molecular weight excluding hydrogens is 446 g/mol. The number of hydrogen-bond acceptors (Lipinski definition) is 5. The minimum absolute atomic E-state index is 0.254. The van der Waals surface area contributed by atoms with Gasteiger partial charge in [-0.2, -0.15) is 0 Å². The zero-order valence-corrected chi connectivity index (χ0v) is 22.0. The van der Waals surface area contributed by atoms with Crippen molar-refractivity contribution in [2.45, 2.75) is 63.6 Å². The van der Waals surface area contributed by atoms with E-state index < -0.39 is 11.2 Å². The fourth-order valence-electron chi connectivity index (χ4n) is 6.22. The molecule has 2 aromatic heterocycles. The van der Waals surface area contributed by atoms with E-state index >= 15 is 0 Å². The number of aryl methyl sites for hydroxylation is 1. The summed E-state index contributed by atoms with van der Waals surface area (Å²) in [5.74, 6) is 0.691. The van der Waals surface area contributed by atoms with Gasteiger partial charge < -0.3 is 15.1 Å². The van der Waals surface area contributed by atoms with Crippen LogP contribution in [0.4, 0.5) is 0 Å². The second-order valence-electron chi connectivity index (χ2n) is 11.7. The predicted molar refractivity (Wildman–Crippen MR) is 143 cm³/mol. The Morgan fingerprint density at radius 1 is 1.03 bits per heavy atom. The predicted octanol–water partition coefficient (Wildman–Crippen LogP) is 5.02. The topological polar surface area (TPSA) is 69.5 Å². The third-order valence-corrected chi connectivity index (χ3v) is 8.48. The molecule has 190 valence electrons. The first-order valence-electron chi connectivity index (χ1n) is 13.3. The molecule has 0 amide bonds. The van der Waals surface area contributed by atoms with Crippen LogP contribution >= 0.6 is 0 Å². The Morgan fingerprint density at radius 3 is 2.33 bits per heavy atom. The van der Waals surface area contributed by atoms with Crippen LogP contribution in [0.3, 0.4) is 0 Å². The largest absolute Gasteiger partial charge is 0.383 e. The van der Waals surface area contributed by atoms with Gasteiger partial charge in [-0.25, -0.2) is 0 Å². The number of likely N-dealkylation sites (tertiary alicyclic amines) is 1. The molecule has 1 saturated carbocycles. The van der Waals surface area contributed by atoms with E-state index in [-0.39, 0.29) is 11.3 Å². The average molecular weight is 486 g/mol. The molecule has 0 spiro atoms. The maximum absolute atomic E-state index is 12.5. The van der Waals surface area contributed by atoms with Crippen molar-refractivity contribution in [1.82, 2.24) is 14.9 Å². The Bertz CT molecular complexity index is 1190. The first-order valence-corrected chi connectivity index (χ1v) is 13.3. The van der Waals surface area contributed by atoms with E-state index in [4.69, 9.17) is 0 Å². The van der Waals surface area contributed by atoms with Crippen molar-refractivity contribution in [1.29, 1.82) is 0 Å². The standard InChI is InChI=1S/C31H39N3O2/c1-22(2)24-8-10-26(11-9-24)31(36,29(3)20-34(4)21-29)27-17-23(18-32-19-27)14-15-30(35,25-12-13-25)28-7-5-6-16-33-28/h5-11,16-19,22,25,35-36H,12-15,20-21H2,1-4H3. The molecule has 0 radical (unpaired) electrons. The minimum atomic E-state index is -1.16. The molecule has 36 heavy (non-hydrogen) atoms. The zero-order valence-electron chi connectivity index (χ0n) is 22.0. The van der Waals surface area contributed by atoms with E-state index in [9.17, 15) is 10.2 Å². The second kappa shape index (κ2) is 9.37. The molecule has 2 aliphatic rings. The Balaban J connectivity index is 1.46. The lowest BCUT2D eigenvalue weighted by Crippen LogP contribution is -2.63. The summed E-state index contributed by atoms with van der Waals surface area (Å²) in [5, 5.41) is 24.1. The van der Waals surface area contributed by atoms with Crippen LogP contribution in [0.25, 0.3) is 0 Å². The maximum atomic E-state index is 12.5. The SMILES string of the molecule is CC(C)c1ccc(C(O)(c2cncc(CCC(O)(c3ccccn3)C3CC3)c2)C2(C)CN(C)C2)cc1. The van der Waals surface area contributed by atoms with E-state index in [2.05, 4.69) is 73.0 Å². The Kier molecular flexibility index (Phi) is 6.52. The van der Waals surface area contributed by atoms with Crippen LogP contribution in [0.5, 0.6) is 0 Å². The second-order valence-corrected chi connectivity index (χ2v) is 11.7. The zero-order chi connectivity index (χ0) is 25.6. The summed E-state index contributed by atoms with van der Waals surface area (Å²) in [5.41, 5.74) is 2.35. The van der Waals surface area contributed by atoms with Crippen LogP contribution in [-0.2, 0) is 17.6 Å². The van der Waals surface area contributed by atoms with Crippen molar-refractivity contribution < 1.29 is 10.2 Å². The summed E-state index contributed by atoms with van der Waals surface area (Å²) in [6.07, 6.45) is 8.76. The fourth-order valence-corrected chi connectivity index (χ4v) is 6.22. The van der Waals surface area contributed by atoms with Crippen molar-refractivity contribution in [3.8, 4) is 0 Å². The third-order valence-electron chi connectivity index (χ3n) is 8.48. The molecule has 2 N–H and O–H groups in total. The first kappa shape index (κ1) is 25.1. The number of nitrogens with zero attached hydrogens (tertiary/aromatic N) is 3. The Labute approximate surface area is 215 Å². The number of hydrogen-bond donors (Lipinski definition) is 2. The minimum Gasteiger partial charge on any atom is -0.383 e. The van der Waals surface area contributed by atoms with E-state index in [0.29, 0.717) is 18.8 Å². The molecule has 2 fully saturated rings. The monoisotopic (exact) mass is 485 g/mol. The molecule has 1 aromatic carbocycles. The van der Waals surface area contributed by atoms with Crippen molar-refractivity contribution in [3.63, 3.8) is 0 Å². The molecule has 2 atom stereocenters. The molecule has 1 aliphatic carbocycles. The van der Waals surface area contributed by atoms with Gasteiger partial charge in [0.2, 0.25) is 0 Å². The highest BCUT2D eigenvalue weighted by molar-refractivity contribution is 5.42. The van der Waals surface area contributed by atoms with Crippen molar-refractivity contribution in [2.24, 2.45) is 11.3 Å². The lowest BCUT2D eigenvalue weighted by Gasteiger charge is -2.56. The summed E-state index contributed by atoms with van der Waals surface area (Å²) in [4.78, 5) is 11.3. The van der Waals surface area contributed by atoms with Crippen LogP contribution in [-0.4, -0.2) is 45.2 Å². The van der Waals surface area contributed by atoms with Crippen LogP contribution < -0.4 is 0 Å². The van der Waals surface area contributed by atoms with Gasteiger partial charge in [-0.05, 0) is 79.5 Å². The van der Waals surface area contributed by atoms with Crippen molar-refractivity contribution >= 4 is 0 Å². The molecule has 3 heterocycles. The highest BCUT2D eigenvalue weighted by Gasteiger charge is 2.55. The Morgan fingerprint density at radius 2 is 1.75 bits per heavy atom. The van der Waals surface area contributed by atoms with Crippen LogP contribution in [0.15, 0.2) is 67.1 Å². The summed E-state index contributed by atoms with van der Waals surface area (Å²) in [6, 6.07) is 16.3. The molecule has 1 aliphatic heterocycles. The molecule has 5 heteroatoms. The van der Waals surface area contributed by atoms with E-state index in [0.717, 1.165) is 48.3 Å². The summed E-state index contributed by atoms with van der Waals surface area (Å²) < 4.78 is 0. The molecule has 3 aromatic rings. The highest BCUT2D eigenvalue weighted by Crippen LogP contribution is 2.51. The van der Waals surface area contributed by atoms with Crippen LogP contribution in [0.2, 0.25) is 0 Å². The van der Waals surface area contributed by atoms with Gasteiger partial charge in [-0.1, -0.05) is 51.1 Å². The molecule has 0 bridgehead atoms. The number of aliphatic hydroxyl groups is 2. The highest BCUT2D eigenvalue weighted by atomic mass is 16.3. The van der Waals surface area contributed by atoms with Gasteiger partial charge in [0.25, 0.3) is 0 Å². The smallest absolute Gasteiger partial charge is 0.124 e. The fraction of sp³-hybridized carbons (Fsp3) is 0.484. The lowest BCUT2D eigenvalue weighted by molar-refractivity contribution is -0.127. The lowest BCUT2D eigenvalue weighted by atomic mass is 9.62. The van der Waals surface area contributed by atoms with E-state index in [1.165, 1.54) is 5.56 Å². The van der Waals surface area contributed by atoms with Gasteiger partial charge in [-0.3, -0.25) is 9.97 Å². The molecule has 5 nitrogen and oxygen atoms in total. The number of aromatic nitrogens is 2. The molecule has 5 rings (SSSR count). The molecule has 1 saturated heterocycles. The van der Waals surface area contributed by atoms with E-state index in [1.807, 2.05) is 30.6 Å². The Hall–Kier alpha value is -2.60. The number of rotatable bonds is 9. The summed E-state index contributed by atoms with van der Waals surface area (Å²) >= 11 is 0. The van der Waals surface area contributed by atoms with Crippen molar-refractivity contribution in [2.75, 3.05) is 20.1 Å². The quantitative estimate of drug-likeness (QED) is 0.446. The van der Waals surface area contributed by atoms with Gasteiger partial charge >= 0.3 is 0 Å². The third kappa shape index (κ3) is 4.38. The van der Waals surface area contributed by atoms with Gasteiger partial charge in [-0.15, -0.1) is 0 Å². The molecular formula is C31H39N3O2. The van der Waals surface area contributed by atoms with E-state index in [1.54, 1.807) is 6.20 Å². The number of pyridine rings is 2. The average Bonchev–Trinajstić information content (AvgIpc) is 3.73. The molecule has 2 unspecified atom stereocenters. The normalized spacial score (nSPS) is 21.0. The number of benzene rings is 1. The van der Waals surface area contributed by atoms with Gasteiger partial charge in [0.15, 0.2) is 0 Å². The van der Waals surface area contributed by atoms with Gasteiger partial charge in [0.05, 0.1) is 5.69 Å². The summed E-state index contributed by atoms with van der Waals surface area (Å²) in [6.45, 7) is 8.15. The van der Waals surface area contributed by atoms with Crippen molar-refractivity contribution in [3.05, 3.63) is 95.1 Å². The van der Waals surface area contributed by atoms with Crippen LogP contribution in [0.1, 0.15) is 73.9 Å². The van der Waals surface area contributed by atoms with Crippen LogP contribution in [0, 0.1) is 11.3 Å². The van der Waals surface area contributed by atoms with Gasteiger partial charge in [0, 0.05) is 42.7 Å². The van der Waals surface area contributed by atoms with Gasteiger partial charge in [0.1, 0.15) is 11.2 Å². The summed E-state index contributed by atoms with van der Waals surface area (Å²) in [7, 11) is 2.09.